The first-order valence-corrected chi connectivity index (χ1v) is 7.78. The molecule has 2 aromatic carbocycles. The number of H-pyrrole nitrogens is 1. The number of hydrogen-bond acceptors (Lipinski definition) is 4. The smallest absolute Gasteiger partial charge is 0.270 e. The topological polar surface area (TPSA) is 108 Å². The fourth-order valence-electron chi connectivity index (χ4n) is 2.76. The average molecular weight is 339 g/mol. The second-order valence-electron chi connectivity index (χ2n) is 5.69. The molecule has 0 aliphatic heterocycles. The van der Waals surface area contributed by atoms with Gasteiger partial charge in [0.25, 0.3) is 5.69 Å². The van der Waals surface area contributed by atoms with E-state index in [-0.39, 0.29) is 24.6 Å². The Bertz CT molecular complexity index is 905. The van der Waals surface area contributed by atoms with Crippen LogP contribution in [0.5, 0.6) is 0 Å². The summed E-state index contributed by atoms with van der Waals surface area (Å²) in [6.07, 6.45) is 1.73. The van der Waals surface area contributed by atoms with Gasteiger partial charge in [-0.2, -0.15) is 0 Å². The monoisotopic (exact) mass is 339 g/mol. The number of rotatable bonds is 6. The molecule has 0 radical (unpaired) electrons. The zero-order valence-electron chi connectivity index (χ0n) is 13.3. The number of aromatic amines is 1. The van der Waals surface area contributed by atoms with Crippen LogP contribution in [-0.2, 0) is 11.2 Å². The number of aliphatic hydroxyl groups is 1. The maximum atomic E-state index is 12.3. The number of nitro groups is 1. The summed E-state index contributed by atoms with van der Waals surface area (Å²) in [5.41, 5.74) is 2.19. The number of amides is 1. The summed E-state index contributed by atoms with van der Waals surface area (Å²) >= 11 is 0. The summed E-state index contributed by atoms with van der Waals surface area (Å²) in [5, 5.41) is 23.9. The third-order valence-corrected chi connectivity index (χ3v) is 4.03. The van der Waals surface area contributed by atoms with Crippen LogP contribution < -0.4 is 5.32 Å². The molecule has 3 N–H and O–H groups in total. The Morgan fingerprint density at radius 1 is 1.24 bits per heavy atom. The van der Waals surface area contributed by atoms with Crippen LogP contribution in [0.25, 0.3) is 10.9 Å². The minimum absolute atomic E-state index is 0.0220. The van der Waals surface area contributed by atoms with Gasteiger partial charge in [0.15, 0.2) is 0 Å². The number of aliphatic hydroxyl groups excluding tert-OH is 1. The molecule has 1 unspecified atom stereocenters. The predicted molar refractivity (Wildman–Crippen MR) is 93.1 cm³/mol. The lowest BCUT2D eigenvalue weighted by Crippen LogP contribution is -2.31. The number of benzene rings is 2. The van der Waals surface area contributed by atoms with Gasteiger partial charge in [0, 0.05) is 29.2 Å². The molecule has 3 rings (SSSR count). The van der Waals surface area contributed by atoms with E-state index in [0.29, 0.717) is 10.9 Å². The molecule has 0 spiro atoms. The van der Waals surface area contributed by atoms with Crippen molar-refractivity contribution in [2.45, 2.75) is 12.5 Å². The number of nitrogens with one attached hydrogen (secondary N) is 2. The van der Waals surface area contributed by atoms with Gasteiger partial charge >= 0.3 is 0 Å². The maximum Gasteiger partial charge on any atom is 0.270 e. The van der Waals surface area contributed by atoms with E-state index in [1.54, 1.807) is 12.3 Å². The molecule has 1 aromatic heterocycles. The van der Waals surface area contributed by atoms with Crippen molar-refractivity contribution in [3.63, 3.8) is 0 Å². The number of carbonyl (C=O) groups is 1. The Kier molecular flexibility index (Phi) is 4.76. The van der Waals surface area contributed by atoms with Crippen molar-refractivity contribution < 1.29 is 14.8 Å². The highest BCUT2D eigenvalue weighted by Crippen LogP contribution is 2.24. The highest BCUT2D eigenvalue weighted by molar-refractivity contribution is 5.90. The zero-order chi connectivity index (χ0) is 17.8. The quantitative estimate of drug-likeness (QED) is 0.473. The van der Waals surface area contributed by atoms with Crippen molar-refractivity contribution >= 4 is 22.5 Å². The van der Waals surface area contributed by atoms with Crippen molar-refractivity contribution in [3.05, 3.63) is 76.0 Å². The van der Waals surface area contributed by atoms with E-state index in [4.69, 9.17) is 0 Å². The number of aromatic nitrogens is 1. The fraction of sp³-hybridized carbons (Fsp3) is 0.167. The van der Waals surface area contributed by atoms with Crippen LogP contribution >= 0.6 is 0 Å². The van der Waals surface area contributed by atoms with Crippen LogP contribution in [0.2, 0.25) is 0 Å². The first-order valence-electron chi connectivity index (χ1n) is 7.78. The summed E-state index contributed by atoms with van der Waals surface area (Å²) in [6.45, 7) is -0.213. The van der Waals surface area contributed by atoms with Gasteiger partial charge in [-0.3, -0.25) is 14.9 Å². The number of nitro benzene ring substituents is 1. The van der Waals surface area contributed by atoms with Gasteiger partial charge in [-0.05, 0) is 17.2 Å². The van der Waals surface area contributed by atoms with Crippen LogP contribution in [-0.4, -0.2) is 27.5 Å². The van der Waals surface area contributed by atoms with Gasteiger partial charge < -0.3 is 15.4 Å². The van der Waals surface area contributed by atoms with Gasteiger partial charge in [-0.1, -0.05) is 30.3 Å². The molecular weight excluding hydrogens is 322 g/mol. The van der Waals surface area contributed by atoms with E-state index in [9.17, 15) is 20.0 Å². The van der Waals surface area contributed by atoms with E-state index in [0.717, 1.165) is 11.1 Å². The van der Waals surface area contributed by atoms with Crippen molar-refractivity contribution in [1.82, 2.24) is 10.3 Å². The van der Waals surface area contributed by atoms with E-state index in [1.807, 2.05) is 30.3 Å². The summed E-state index contributed by atoms with van der Waals surface area (Å²) in [5.74, 6) is -0.268. The van der Waals surface area contributed by atoms with Crippen LogP contribution in [0.1, 0.15) is 17.2 Å². The van der Waals surface area contributed by atoms with Gasteiger partial charge in [0.05, 0.1) is 24.0 Å². The molecule has 1 atom stereocenters. The van der Waals surface area contributed by atoms with Crippen LogP contribution in [0, 0.1) is 10.1 Å². The lowest BCUT2D eigenvalue weighted by molar-refractivity contribution is -0.384. The molecule has 0 aliphatic rings. The second kappa shape index (κ2) is 7.14. The largest absolute Gasteiger partial charge is 0.394 e. The minimum Gasteiger partial charge on any atom is -0.394 e. The molecule has 7 nitrogen and oxygen atoms in total. The summed E-state index contributed by atoms with van der Waals surface area (Å²) in [6, 6.07) is 13.2. The molecule has 1 amide bonds. The van der Waals surface area contributed by atoms with Gasteiger partial charge in [0.1, 0.15) is 0 Å². The molecule has 1 heterocycles. The van der Waals surface area contributed by atoms with Gasteiger partial charge in [0.2, 0.25) is 5.91 Å². The Balaban J connectivity index is 1.77. The molecule has 0 saturated carbocycles. The predicted octanol–water partition coefficient (Wildman–Crippen LogP) is 2.47. The molecular formula is C18H17N3O4. The molecule has 0 fully saturated rings. The normalized spacial score (nSPS) is 12.0. The van der Waals surface area contributed by atoms with Gasteiger partial charge in [-0.15, -0.1) is 0 Å². The SMILES string of the molecule is O=C(Cc1c[nH]c2ccc([N+](=O)[O-])cc12)NC(CO)c1ccccc1. The first-order chi connectivity index (χ1) is 12.1. The lowest BCUT2D eigenvalue weighted by Gasteiger charge is -2.16. The highest BCUT2D eigenvalue weighted by Gasteiger charge is 2.16. The van der Waals surface area contributed by atoms with Crippen molar-refractivity contribution in [2.75, 3.05) is 6.61 Å². The summed E-state index contributed by atoms with van der Waals surface area (Å²) in [7, 11) is 0. The fourth-order valence-corrected chi connectivity index (χ4v) is 2.76. The van der Waals surface area contributed by atoms with Crippen LogP contribution in [0.15, 0.2) is 54.7 Å². The lowest BCUT2D eigenvalue weighted by atomic mass is 10.1. The standard InChI is InChI=1S/C18H17N3O4/c22-11-17(12-4-2-1-3-5-12)20-18(23)8-13-10-19-16-7-6-14(21(24)25)9-15(13)16/h1-7,9-10,17,19,22H,8,11H2,(H,20,23). The Hall–Kier alpha value is -3.19. The van der Waals surface area contributed by atoms with Crippen molar-refractivity contribution in [3.8, 4) is 0 Å². The van der Waals surface area contributed by atoms with Crippen LogP contribution in [0.3, 0.4) is 0 Å². The number of hydrogen-bond donors (Lipinski definition) is 3. The highest BCUT2D eigenvalue weighted by atomic mass is 16.6. The summed E-state index contributed by atoms with van der Waals surface area (Å²) in [4.78, 5) is 25.8. The molecule has 0 saturated heterocycles. The van der Waals surface area contributed by atoms with E-state index in [2.05, 4.69) is 10.3 Å². The van der Waals surface area contributed by atoms with E-state index >= 15 is 0 Å². The molecule has 3 aromatic rings. The number of non-ortho nitro benzene ring substituents is 1. The molecule has 0 bridgehead atoms. The Labute approximate surface area is 143 Å². The molecule has 0 aliphatic carbocycles. The summed E-state index contributed by atoms with van der Waals surface area (Å²) < 4.78 is 0. The third-order valence-electron chi connectivity index (χ3n) is 4.03. The third kappa shape index (κ3) is 3.67. The molecule has 7 heteroatoms. The van der Waals surface area contributed by atoms with Crippen molar-refractivity contribution in [2.24, 2.45) is 0 Å². The van der Waals surface area contributed by atoms with Crippen molar-refractivity contribution in [1.29, 1.82) is 0 Å². The second-order valence-corrected chi connectivity index (χ2v) is 5.69. The Morgan fingerprint density at radius 3 is 2.68 bits per heavy atom. The maximum absolute atomic E-state index is 12.3. The Morgan fingerprint density at radius 2 is 2.00 bits per heavy atom. The van der Waals surface area contributed by atoms with Gasteiger partial charge in [-0.25, -0.2) is 0 Å². The van der Waals surface area contributed by atoms with Crippen LogP contribution in [0.4, 0.5) is 5.69 Å². The number of nitrogens with zero attached hydrogens (tertiary/aromatic N) is 1. The molecule has 128 valence electrons. The first kappa shape index (κ1) is 16.7. The number of fused-ring (bicyclic) bond motifs is 1. The molecule has 25 heavy (non-hydrogen) atoms. The van der Waals surface area contributed by atoms with E-state index in [1.165, 1.54) is 12.1 Å². The zero-order valence-corrected chi connectivity index (χ0v) is 13.3. The van der Waals surface area contributed by atoms with E-state index < -0.39 is 11.0 Å². The number of carbonyl (C=O) groups excluding carboxylic acids is 1. The average Bonchev–Trinajstić information content (AvgIpc) is 3.02. The minimum atomic E-state index is -0.492.